The zero-order chi connectivity index (χ0) is 13.7. The molecule has 1 heterocycles. The number of benzene rings is 1. The third-order valence-corrected chi connectivity index (χ3v) is 2.57. The van der Waals surface area contributed by atoms with E-state index in [0.717, 1.165) is 5.39 Å². The lowest BCUT2D eigenvalue weighted by Gasteiger charge is -2.06. The largest absolute Gasteiger partial charge is 0.486 e. The van der Waals surface area contributed by atoms with Crippen molar-refractivity contribution in [1.82, 2.24) is 0 Å². The Hall–Kier alpha value is -2.21. The average Bonchev–Trinajstić information content (AvgIpc) is 2.81. The van der Waals surface area contributed by atoms with Crippen LogP contribution in [0.15, 0.2) is 33.8 Å². The normalized spacial score (nSPS) is 11.9. The molecule has 0 unspecified atom stereocenters. The Kier molecular flexibility index (Phi) is 4.25. The van der Waals surface area contributed by atoms with Crippen LogP contribution in [0.3, 0.4) is 0 Å². The number of amidine groups is 1. The predicted molar refractivity (Wildman–Crippen MR) is 70.7 cm³/mol. The second kappa shape index (κ2) is 6.10. The number of nitrogens with two attached hydrogens (primary N) is 1. The van der Waals surface area contributed by atoms with Crippen molar-refractivity contribution in [3.05, 3.63) is 30.0 Å². The summed E-state index contributed by atoms with van der Waals surface area (Å²) < 4.78 is 16.4. The fourth-order valence-electron chi connectivity index (χ4n) is 1.73. The first-order valence-corrected chi connectivity index (χ1v) is 5.98. The lowest BCUT2D eigenvalue weighted by atomic mass is 10.2. The van der Waals surface area contributed by atoms with E-state index < -0.39 is 0 Å². The minimum atomic E-state index is -0.123. The molecule has 0 fully saturated rings. The molecule has 0 aliphatic heterocycles. The summed E-state index contributed by atoms with van der Waals surface area (Å²) in [7, 11) is 0. The van der Waals surface area contributed by atoms with Gasteiger partial charge in [0, 0.05) is 6.61 Å². The molecule has 6 nitrogen and oxygen atoms in total. The van der Waals surface area contributed by atoms with Crippen molar-refractivity contribution in [3.63, 3.8) is 0 Å². The number of nitrogens with zero attached hydrogens (tertiary/aromatic N) is 1. The summed E-state index contributed by atoms with van der Waals surface area (Å²) in [6.07, 6.45) is 0. The smallest absolute Gasteiger partial charge is 0.215 e. The van der Waals surface area contributed by atoms with Crippen molar-refractivity contribution in [2.24, 2.45) is 10.9 Å². The molecule has 0 bridgehead atoms. The molecule has 0 amide bonds. The molecule has 0 saturated heterocycles. The second-order valence-corrected chi connectivity index (χ2v) is 3.79. The highest BCUT2D eigenvalue weighted by atomic mass is 16.5. The van der Waals surface area contributed by atoms with E-state index in [2.05, 4.69) is 5.16 Å². The summed E-state index contributed by atoms with van der Waals surface area (Å²) in [4.78, 5) is 0. The Morgan fingerprint density at radius 3 is 2.89 bits per heavy atom. The molecule has 19 heavy (non-hydrogen) atoms. The van der Waals surface area contributed by atoms with Crippen molar-refractivity contribution in [1.29, 1.82) is 0 Å². The highest BCUT2D eigenvalue weighted by Gasteiger charge is 2.18. The lowest BCUT2D eigenvalue weighted by Crippen LogP contribution is -2.14. The van der Waals surface area contributed by atoms with Crippen LogP contribution in [0.25, 0.3) is 11.0 Å². The number of oxime groups is 1. The van der Waals surface area contributed by atoms with Crippen LogP contribution in [0.1, 0.15) is 12.7 Å². The van der Waals surface area contributed by atoms with Gasteiger partial charge in [0.15, 0.2) is 5.75 Å². The van der Waals surface area contributed by atoms with Gasteiger partial charge in [-0.05, 0) is 19.1 Å². The molecular weight excluding hydrogens is 248 g/mol. The minimum absolute atomic E-state index is 0.123. The molecule has 1 aromatic heterocycles. The summed E-state index contributed by atoms with van der Waals surface area (Å²) in [5.74, 6) is 0.563. The molecular formula is C13H16N2O4. The molecule has 2 rings (SSSR count). The molecule has 0 aliphatic carbocycles. The van der Waals surface area contributed by atoms with Crippen molar-refractivity contribution < 1.29 is 19.1 Å². The maximum absolute atomic E-state index is 8.77. The Labute approximate surface area is 110 Å². The van der Waals surface area contributed by atoms with E-state index in [4.69, 9.17) is 24.8 Å². The molecule has 102 valence electrons. The summed E-state index contributed by atoms with van der Waals surface area (Å²) >= 11 is 0. The topological polar surface area (TPSA) is 90.2 Å². The van der Waals surface area contributed by atoms with Gasteiger partial charge in [-0.25, -0.2) is 0 Å². The molecule has 2 aromatic rings. The first-order valence-electron chi connectivity index (χ1n) is 5.98. The van der Waals surface area contributed by atoms with E-state index in [0.29, 0.717) is 31.2 Å². The van der Waals surface area contributed by atoms with Crippen LogP contribution < -0.4 is 10.5 Å². The Balaban J connectivity index is 2.32. The second-order valence-electron chi connectivity index (χ2n) is 3.79. The van der Waals surface area contributed by atoms with E-state index >= 15 is 0 Å². The summed E-state index contributed by atoms with van der Waals surface area (Å²) in [6, 6.07) is 7.34. The molecule has 6 heteroatoms. The van der Waals surface area contributed by atoms with Crippen LogP contribution >= 0.6 is 0 Å². The number of rotatable bonds is 6. The summed E-state index contributed by atoms with van der Waals surface area (Å²) in [6.45, 7) is 3.37. The van der Waals surface area contributed by atoms with E-state index in [9.17, 15) is 0 Å². The van der Waals surface area contributed by atoms with Crippen LogP contribution in [-0.4, -0.2) is 30.9 Å². The molecule has 0 aliphatic rings. The highest BCUT2D eigenvalue weighted by molar-refractivity contribution is 6.03. The first-order chi connectivity index (χ1) is 9.27. The molecule has 0 saturated carbocycles. The Morgan fingerprint density at radius 1 is 1.37 bits per heavy atom. The van der Waals surface area contributed by atoms with Gasteiger partial charge in [-0.2, -0.15) is 0 Å². The molecule has 0 spiro atoms. The minimum Gasteiger partial charge on any atom is -0.486 e. The fraction of sp³-hybridized carbons (Fsp3) is 0.308. The monoisotopic (exact) mass is 264 g/mol. The quantitative estimate of drug-likeness (QED) is 0.273. The van der Waals surface area contributed by atoms with Gasteiger partial charge in [0.1, 0.15) is 12.2 Å². The number of hydrogen-bond acceptors (Lipinski definition) is 5. The van der Waals surface area contributed by atoms with Gasteiger partial charge >= 0.3 is 0 Å². The van der Waals surface area contributed by atoms with E-state index in [-0.39, 0.29) is 11.6 Å². The number of hydrogen-bond donors (Lipinski definition) is 2. The molecule has 0 atom stereocenters. The molecule has 1 aromatic carbocycles. The van der Waals surface area contributed by atoms with Gasteiger partial charge in [-0.1, -0.05) is 17.3 Å². The van der Waals surface area contributed by atoms with Crippen LogP contribution in [0.5, 0.6) is 5.75 Å². The van der Waals surface area contributed by atoms with Gasteiger partial charge in [0.05, 0.1) is 12.0 Å². The number of fused-ring (bicyclic) bond motifs is 1. The van der Waals surface area contributed by atoms with Crippen LogP contribution in [0.2, 0.25) is 0 Å². The van der Waals surface area contributed by atoms with Crippen molar-refractivity contribution >= 4 is 16.8 Å². The zero-order valence-corrected chi connectivity index (χ0v) is 10.6. The van der Waals surface area contributed by atoms with Gasteiger partial charge in [0.2, 0.25) is 11.6 Å². The van der Waals surface area contributed by atoms with E-state index in [1.165, 1.54) is 0 Å². The SMILES string of the molecule is CCOCCOc1c(/C(N)=N/O)oc2ccccc12. The molecule has 3 N–H and O–H groups in total. The van der Waals surface area contributed by atoms with Crippen LogP contribution in [0.4, 0.5) is 0 Å². The maximum atomic E-state index is 8.77. The van der Waals surface area contributed by atoms with Crippen molar-refractivity contribution in [2.75, 3.05) is 19.8 Å². The van der Waals surface area contributed by atoms with Crippen molar-refractivity contribution in [3.8, 4) is 5.75 Å². The van der Waals surface area contributed by atoms with E-state index in [1.54, 1.807) is 6.07 Å². The van der Waals surface area contributed by atoms with Crippen molar-refractivity contribution in [2.45, 2.75) is 6.92 Å². The summed E-state index contributed by atoms with van der Waals surface area (Å²) in [5.41, 5.74) is 6.21. The highest BCUT2D eigenvalue weighted by Crippen LogP contribution is 2.32. The van der Waals surface area contributed by atoms with Crippen LogP contribution in [0, 0.1) is 0 Å². The van der Waals surface area contributed by atoms with Gasteiger partial charge in [-0.15, -0.1) is 0 Å². The Bertz CT molecular complexity index is 577. The third kappa shape index (κ3) is 2.79. The van der Waals surface area contributed by atoms with Gasteiger partial charge in [0.25, 0.3) is 0 Å². The number of ether oxygens (including phenoxy) is 2. The number of para-hydroxylation sites is 1. The lowest BCUT2D eigenvalue weighted by molar-refractivity contribution is 0.110. The number of furan rings is 1. The van der Waals surface area contributed by atoms with Gasteiger partial charge in [-0.3, -0.25) is 0 Å². The van der Waals surface area contributed by atoms with Gasteiger partial charge < -0.3 is 24.8 Å². The summed E-state index contributed by atoms with van der Waals surface area (Å²) in [5, 5.41) is 12.5. The average molecular weight is 264 g/mol. The fourth-order valence-corrected chi connectivity index (χ4v) is 1.73. The third-order valence-electron chi connectivity index (χ3n) is 2.57. The first kappa shape index (κ1) is 13.2. The standard InChI is InChI=1S/C13H16N2O4/c1-2-17-7-8-18-11-9-5-3-4-6-10(9)19-12(11)13(14)15-16/h3-6,16H,2,7-8H2,1H3,(H2,14,15). The predicted octanol–water partition coefficient (Wildman–Crippen LogP) is 1.94. The Morgan fingerprint density at radius 2 is 2.16 bits per heavy atom. The zero-order valence-electron chi connectivity index (χ0n) is 10.6. The van der Waals surface area contributed by atoms with Crippen LogP contribution in [-0.2, 0) is 4.74 Å². The maximum Gasteiger partial charge on any atom is 0.215 e. The molecule has 0 radical (unpaired) electrons. The van der Waals surface area contributed by atoms with E-state index in [1.807, 2.05) is 25.1 Å².